The van der Waals surface area contributed by atoms with Gasteiger partial charge < -0.3 is 15.1 Å². The Kier molecular flexibility index (Phi) is 3.83. The molecule has 1 N–H and O–H groups in total. The van der Waals surface area contributed by atoms with Crippen molar-refractivity contribution < 1.29 is 4.79 Å². The Morgan fingerprint density at radius 2 is 2.05 bits per heavy atom. The van der Waals surface area contributed by atoms with Crippen molar-refractivity contribution in [2.45, 2.75) is 33.2 Å². The van der Waals surface area contributed by atoms with Crippen LogP contribution in [0.4, 0.5) is 11.6 Å². The number of aryl methyl sites for hydroxylation is 1. The fraction of sp³-hybridized carbons (Fsp3) is 0.643. The number of carbonyl (C=O) groups is 1. The lowest BCUT2D eigenvalue weighted by molar-refractivity contribution is -0.136. The first kappa shape index (κ1) is 14.6. The third kappa shape index (κ3) is 2.55. The maximum atomic E-state index is 12.4. The lowest BCUT2D eigenvalue weighted by atomic mass is 9.98. The van der Waals surface area contributed by atoms with Gasteiger partial charge in [-0.2, -0.15) is 0 Å². The summed E-state index contributed by atoms with van der Waals surface area (Å²) >= 11 is 0. The summed E-state index contributed by atoms with van der Waals surface area (Å²) in [6, 6.07) is 1.91. The van der Waals surface area contributed by atoms with E-state index in [1.54, 1.807) is 4.90 Å². The molecule has 6 nitrogen and oxygen atoms in total. The maximum Gasteiger partial charge on any atom is 0.247 e. The highest BCUT2D eigenvalue weighted by atomic mass is 16.2. The average Bonchev–Trinajstić information content (AvgIpc) is 2.36. The smallest absolute Gasteiger partial charge is 0.247 e. The first-order valence-electron chi connectivity index (χ1n) is 6.99. The van der Waals surface area contributed by atoms with Crippen LogP contribution in [0, 0.1) is 6.92 Å². The number of amides is 1. The van der Waals surface area contributed by atoms with Gasteiger partial charge in [-0.1, -0.05) is 0 Å². The van der Waals surface area contributed by atoms with E-state index in [9.17, 15) is 4.79 Å². The molecule has 0 unspecified atom stereocenters. The molecule has 2 heterocycles. The second kappa shape index (κ2) is 5.26. The summed E-state index contributed by atoms with van der Waals surface area (Å²) in [5.74, 6) is 2.43. The summed E-state index contributed by atoms with van der Waals surface area (Å²) in [6.45, 7) is 10.1. The number of nitrogens with one attached hydrogen (secondary N) is 1. The van der Waals surface area contributed by atoms with E-state index in [1.807, 2.05) is 40.8 Å². The van der Waals surface area contributed by atoms with Gasteiger partial charge in [0.05, 0.1) is 0 Å². The predicted molar refractivity (Wildman–Crippen MR) is 80.0 cm³/mol. The van der Waals surface area contributed by atoms with Gasteiger partial charge in [0.25, 0.3) is 0 Å². The van der Waals surface area contributed by atoms with Crippen molar-refractivity contribution in [3.63, 3.8) is 0 Å². The molecule has 0 radical (unpaired) electrons. The molecule has 1 saturated heterocycles. The van der Waals surface area contributed by atoms with Crippen LogP contribution in [0.5, 0.6) is 0 Å². The minimum atomic E-state index is -0.586. The molecule has 1 aliphatic heterocycles. The summed E-state index contributed by atoms with van der Waals surface area (Å²) in [5.41, 5.74) is -0.586. The number of hydrogen-bond donors (Lipinski definition) is 1. The first-order valence-corrected chi connectivity index (χ1v) is 6.99. The Morgan fingerprint density at radius 3 is 2.70 bits per heavy atom. The molecule has 0 atom stereocenters. The Labute approximate surface area is 120 Å². The molecule has 1 amide bonds. The molecule has 6 heteroatoms. The average molecular weight is 277 g/mol. The standard InChI is InChI=1S/C14H23N5O/c1-6-15-11-9-12(17-10(2)16-11)19-8-7-18(5)13(20)14(19,3)4/h9H,6-8H2,1-5H3,(H,15,16,17). The maximum absolute atomic E-state index is 12.4. The van der Waals surface area contributed by atoms with Gasteiger partial charge in [0.1, 0.15) is 23.0 Å². The van der Waals surface area contributed by atoms with Crippen molar-refractivity contribution >= 4 is 17.5 Å². The molecule has 0 spiro atoms. The number of carbonyl (C=O) groups excluding carboxylic acids is 1. The van der Waals surface area contributed by atoms with Crippen molar-refractivity contribution in [2.75, 3.05) is 36.9 Å². The third-order valence-corrected chi connectivity index (χ3v) is 3.66. The van der Waals surface area contributed by atoms with Gasteiger partial charge in [-0.3, -0.25) is 4.79 Å². The van der Waals surface area contributed by atoms with Crippen LogP contribution in [-0.4, -0.2) is 53.0 Å². The summed E-state index contributed by atoms with van der Waals surface area (Å²) in [7, 11) is 1.84. The van der Waals surface area contributed by atoms with E-state index in [2.05, 4.69) is 20.2 Å². The molecule has 1 aromatic heterocycles. The van der Waals surface area contributed by atoms with E-state index in [4.69, 9.17) is 0 Å². The zero-order valence-electron chi connectivity index (χ0n) is 12.9. The fourth-order valence-electron chi connectivity index (χ4n) is 2.58. The zero-order valence-corrected chi connectivity index (χ0v) is 12.9. The van der Waals surface area contributed by atoms with Gasteiger partial charge in [-0.15, -0.1) is 0 Å². The number of aromatic nitrogens is 2. The molecule has 0 saturated carbocycles. The lowest BCUT2D eigenvalue weighted by Gasteiger charge is -2.45. The number of anilines is 2. The SMILES string of the molecule is CCNc1cc(N2CCN(C)C(=O)C2(C)C)nc(C)n1. The van der Waals surface area contributed by atoms with Gasteiger partial charge in [0.2, 0.25) is 5.91 Å². The third-order valence-electron chi connectivity index (χ3n) is 3.66. The van der Waals surface area contributed by atoms with E-state index in [0.29, 0.717) is 12.4 Å². The molecule has 0 bridgehead atoms. The minimum Gasteiger partial charge on any atom is -0.370 e. The van der Waals surface area contributed by atoms with Crippen LogP contribution >= 0.6 is 0 Å². The molecule has 0 aromatic carbocycles. The van der Waals surface area contributed by atoms with Crippen LogP contribution in [0.1, 0.15) is 26.6 Å². The van der Waals surface area contributed by atoms with E-state index >= 15 is 0 Å². The quantitative estimate of drug-likeness (QED) is 0.901. The second-order valence-electron chi connectivity index (χ2n) is 5.63. The van der Waals surface area contributed by atoms with Gasteiger partial charge in [-0.05, 0) is 27.7 Å². The summed E-state index contributed by atoms with van der Waals surface area (Å²) in [4.78, 5) is 25.0. The fourth-order valence-corrected chi connectivity index (χ4v) is 2.58. The Bertz CT molecular complexity index is 514. The molecule has 110 valence electrons. The first-order chi connectivity index (χ1) is 9.36. The molecule has 2 rings (SSSR count). The number of piperazine rings is 1. The van der Waals surface area contributed by atoms with Crippen molar-refractivity contribution in [2.24, 2.45) is 0 Å². The molecule has 1 aliphatic rings. The summed E-state index contributed by atoms with van der Waals surface area (Å²) in [5, 5.41) is 3.20. The van der Waals surface area contributed by atoms with Crippen molar-refractivity contribution in [1.82, 2.24) is 14.9 Å². The molecular weight excluding hydrogens is 254 g/mol. The Hall–Kier alpha value is -1.85. The monoisotopic (exact) mass is 277 g/mol. The van der Waals surface area contributed by atoms with E-state index in [0.717, 1.165) is 24.7 Å². The van der Waals surface area contributed by atoms with E-state index in [1.165, 1.54) is 0 Å². The Balaban J connectivity index is 2.37. The summed E-state index contributed by atoms with van der Waals surface area (Å²) < 4.78 is 0. The Morgan fingerprint density at radius 1 is 1.35 bits per heavy atom. The van der Waals surface area contributed by atoms with Crippen molar-refractivity contribution in [3.05, 3.63) is 11.9 Å². The van der Waals surface area contributed by atoms with Crippen LogP contribution in [0.3, 0.4) is 0 Å². The molecule has 0 aliphatic carbocycles. The molecule has 1 aromatic rings. The largest absolute Gasteiger partial charge is 0.370 e. The van der Waals surface area contributed by atoms with E-state index < -0.39 is 5.54 Å². The highest BCUT2D eigenvalue weighted by Crippen LogP contribution is 2.28. The van der Waals surface area contributed by atoms with Crippen molar-refractivity contribution in [3.8, 4) is 0 Å². The van der Waals surface area contributed by atoms with Gasteiger partial charge in [0.15, 0.2) is 0 Å². The molecule has 1 fully saturated rings. The van der Waals surface area contributed by atoms with Crippen LogP contribution in [-0.2, 0) is 4.79 Å². The van der Waals surface area contributed by atoms with Gasteiger partial charge in [-0.25, -0.2) is 9.97 Å². The number of hydrogen-bond acceptors (Lipinski definition) is 5. The lowest BCUT2D eigenvalue weighted by Crippen LogP contribution is -2.62. The van der Waals surface area contributed by atoms with Crippen LogP contribution in [0.15, 0.2) is 6.07 Å². The van der Waals surface area contributed by atoms with E-state index in [-0.39, 0.29) is 5.91 Å². The molecular formula is C14H23N5O. The number of rotatable bonds is 3. The van der Waals surface area contributed by atoms with Crippen LogP contribution < -0.4 is 10.2 Å². The van der Waals surface area contributed by atoms with Crippen LogP contribution in [0.2, 0.25) is 0 Å². The normalized spacial score (nSPS) is 18.4. The predicted octanol–water partition coefficient (Wildman–Crippen LogP) is 1.27. The highest BCUT2D eigenvalue weighted by molar-refractivity contribution is 5.90. The zero-order chi connectivity index (χ0) is 14.9. The minimum absolute atomic E-state index is 0.116. The van der Waals surface area contributed by atoms with Crippen molar-refractivity contribution in [1.29, 1.82) is 0 Å². The number of likely N-dealkylation sites (N-methyl/N-ethyl adjacent to an activating group) is 1. The molecule has 20 heavy (non-hydrogen) atoms. The second-order valence-corrected chi connectivity index (χ2v) is 5.63. The number of nitrogens with zero attached hydrogens (tertiary/aromatic N) is 4. The van der Waals surface area contributed by atoms with Gasteiger partial charge in [0, 0.05) is 32.7 Å². The summed E-state index contributed by atoms with van der Waals surface area (Å²) in [6.07, 6.45) is 0. The topological polar surface area (TPSA) is 61.4 Å². The highest BCUT2D eigenvalue weighted by Gasteiger charge is 2.41. The van der Waals surface area contributed by atoms with Gasteiger partial charge >= 0.3 is 0 Å². The van der Waals surface area contributed by atoms with Crippen LogP contribution in [0.25, 0.3) is 0 Å².